The van der Waals surface area contributed by atoms with Crippen LogP contribution >= 0.6 is 11.8 Å². The van der Waals surface area contributed by atoms with Gasteiger partial charge in [0.15, 0.2) is 5.17 Å². The number of nitrogens with one attached hydrogen (secondary N) is 2. The lowest BCUT2D eigenvalue weighted by molar-refractivity contribution is -0.138. The van der Waals surface area contributed by atoms with Crippen LogP contribution < -0.4 is 10.6 Å². The number of anilines is 1. The molecule has 1 atom stereocenters. The first kappa shape index (κ1) is 14.6. The molecular weight excluding hydrogens is 304 g/mol. The number of carbonyl (C=O) groups is 2. The van der Waals surface area contributed by atoms with E-state index in [4.69, 9.17) is 5.11 Å². The zero-order valence-corrected chi connectivity index (χ0v) is 12.4. The van der Waals surface area contributed by atoms with Crippen LogP contribution in [0.3, 0.4) is 0 Å². The number of nitrogens with zero attached hydrogens (tertiary/aromatic N) is 2. The van der Waals surface area contributed by atoms with E-state index < -0.39 is 11.2 Å². The van der Waals surface area contributed by atoms with Crippen molar-refractivity contribution < 1.29 is 14.7 Å². The number of thioether (sulfide) groups is 1. The molecule has 1 saturated heterocycles. The first-order valence-electron chi connectivity index (χ1n) is 6.79. The van der Waals surface area contributed by atoms with E-state index in [9.17, 15) is 9.59 Å². The lowest BCUT2D eigenvalue weighted by atomic mass is 10.1. The first-order chi connectivity index (χ1) is 10.6. The number of amidine groups is 1. The van der Waals surface area contributed by atoms with Crippen LogP contribution in [0, 0.1) is 0 Å². The fraction of sp³-hybridized carbons (Fsp3) is 0.286. The molecule has 1 amide bonds. The van der Waals surface area contributed by atoms with Crippen molar-refractivity contribution in [2.24, 2.45) is 10.2 Å². The van der Waals surface area contributed by atoms with E-state index in [2.05, 4.69) is 20.8 Å². The van der Waals surface area contributed by atoms with Gasteiger partial charge >= 0.3 is 5.97 Å². The largest absolute Gasteiger partial charge is 0.481 e. The minimum absolute atomic E-state index is 0.225. The summed E-state index contributed by atoms with van der Waals surface area (Å²) in [7, 11) is 0. The third kappa shape index (κ3) is 3.28. The molecule has 114 valence electrons. The number of hydrogen-bond donors (Lipinski definition) is 3. The smallest absolute Gasteiger partial charge is 0.305 e. The molecule has 0 aromatic heterocycles. The zero-order chi connectivity index (χ0) is 15.5. The van der Waals surface area contributed by atoms with Gasteiger partial charge in [-0.1, -0.05) is 17.8 Å². The SMILES string of the molecule is O=C(O)CC1SC(=NN=Cc2ccc3c(c2)CCN3)NC1=O. The van der Waals surface area contributed by atoms with Crippen molar-refractivity contribution in [1.29, 1.82) is 0 Å². The fourth-order valence-corrected chi connectivity index (χ4v) is 3.21. The molecule has 2 aliphatic rings. The highest BCUT2D eigenvalue weighted by molar-refractivity contribution is 8.15. The molecule has 0 radical (unpaired) electrons. The molecule has 3 rings (SSSR count). The Kier molecular flexibility index (Phi) is 4.10. The number of benzene rings is 1. The van der Waals surface area contributed by atoms with Crippen molar-refractivity contribution in [3.05, 3.63) is 29.3 Å². The second kappa shape index (κ2) is 6.18. The summed E-state index contributed by atoms with van der Waals surface area (Å²) >= 11 is 1.09. The second-order valence-electron chi connectivity index (χ2n) is 4.94. The summed E-state index contributed by atoms with van der Waals surface area (Å²) in [5, 5.41) is 22.1. The molecule has 22 heavy (non-hydrogen) atoms. The number of aliphatic carboxylic acids is 1. The summed E-state index contributed by atoms with van der Waals surface area (Å²) in [4.78, 5) is 22.2. The summed E-state index contributed by atoms with van der Waals surface area (Å²) in [5.74, 6) is -1.35. The van der Waals surface area contributed by atoms with Crippen LogP contribution in [0.5, 0.6) is 0 Å². The van der Waals surface area contributed by atoms with Crippen LogP contribution in [-0.2, 0) is 16.0 Å². The summed E-state index contributed by atoms with van der Waals surface area (Å²) in [6, 6.07) is 5.99. The van der Waals surface area contributed by atoms with E-state index in [-0.39, 0.29) is 12.3 Å². The lowest BCUT2D eigenvalue weighted by Crippen LogP contribution is -2.26. The predicted octanol–water partition coefficient (Wildman–Crippen LogP) is 1.05. The fourth-order valence-electron chi connectivity index (χ4n) is 2.30. The Morgan fingerprint density at radius 1 is 1.50 bits per heavy atom. The van der Waals surface area contributed by atoms with Gasteiger partial charge in [0.05, 0.1) is 12.6 Å². The van der Waals surface area contributed by atoms with Crippen LogP contribution in [0.2, 0.25) is 0 Å². The van der Waals surface area contributed by atoms with Gasteiger partial charge in [-0.05, 0) is 29.7 Å². The molecule has 8 heteroatoms. The monoisotopic (exact) mass is 318 g/mol. The van der Waals surface area contributed by atoms with Gasteiger partial charge < -0.3 is 15.7 Å². The van der Waals surface area contributed by atoms with Crippen LogP contribution in [0.4, 0.5) is 5.69 Å². The van der Waals surface area contributed by atoms with Crippen LogP contribution in [0.25, 0.3) is 0 Å². The molecule has 0 spiro atoms. The topological polar surface area (TPSA) is 103 Å². The Morgan fingerprint density at radius 2 is 2.36 bits per heavy atom. The predicted molar refractivity (Wildman–Crippen MR) is 85.4 cm³/mol. The molecule has 1 fully saturated rings. The molecule has 0 aliphatic carbocycles. The van der Waals surface area contributed by atoms with E-state index in [0.717, 1.165) is 36.0 Å². The molecule has 3 N–H and O–H groups in total. The minimum atomic E-state index is -1.01. The number of fused-ring (bicyclic) bond motifs is 1. The lowest BCUT2D eigenvalue weighted by Gasteiger charge is -1.99. The molecule has 2 heterocycles. The van der Waals surface area contributed by atoms with Crippen LogP contribution in [0.1, 0.15) is 17.5 Å². The third-order valence-corrected chi connectivity index (χ3v) is 4.40. The maximum Gasteiger partial charge on any atom is 0.305 e. The quantitative estimate of drug-likeness (QED) is 0.569. The maximum atomic E-state index is 11.5. The highest BCUT2D eigenvalue weighted by Crippen LogP contribution is 2.23. The molecule has 0 bridgehead atoms. The summed E-state index contributed by atoms with van der Waals surface area (Å²) in [6.45, 7) is 0.950. The molecular formula is C14H14N4O3S. The summed E-state index contributed by atoms with van der Waals surface area (Å²) in [6.07, 6.45) is 2.38. The van der Waals surface area contributed by atoms with Crippen molar-refractivity contribution in [1.82, 2.24) is 5.32 Å². The molecule has 2 aliphatic heterocycles. The number of amides is 1. The zero-order valence-electron chi connectivity index (χ0n) is 11.6. The minimum Gasteiger partial charge on any atom is -0.481 e. The summed E-state index contributed by atoms with van der Waals surface area (Å²) < 4.78 is 0. The number of rotatable bonds is 4. The standard InChI is InChI=1S/C14H14N4O3S/c19-12(20)6-11-13(21)17-14(22-11)18-16-7-8-1-2-10-9(5-8)3-4-15-10/h1-2,5,7,11,15H,3-4,6H2,(H,19,20)(H,17,18,21). The molecule has 0 saturated carbocycles. The third-order valence-electron chi connectivity index (χ3n) is 3.33. The van der Waals surface area contributed by atoms with Gasteiger partial charge in [-0.3, -0.25) is 9.59 Å². The van der Waals surface area contributed by atoms with Crippen molar-refractivity contribution >= 4 is 40.7 Å². The van der Waals surface area contributed by atoms with Crippen molar-refractivity contribution in [2.75, 3.05) is 11.9 Å². The molecule has 1 aromatic carbocycles. The van der Waals surface area contributed by atoms with Gasteiger partial charge in [-0.15, -0.1) is 5.10 Å². The average molecular weight is 318 g/mol. The van der Waals surface area contributed by atoms with E-state index in [1.165, 1.54) is 5.56 Å². The number of hydrogen-bond acceptors (Lipinski definition) is 6. The van der Waals surface area contributed by atoms with E-state index in [0.29, 0.717) is 5.17 Å². The molecule has 7 nitrogen and oxygen atoms in total. The Bertz CT molecular complexity index is 687. The van der Waals surface area contributed by atoms with Crippen LogP contribution in [-0.4, -0.2) is 40.2 Å². The summed E-state index contributed by atoms with van der Waals surface area (Å²) in [5.41, 5.74) is 3.34. The first-order valence-corrected chi connectivity index (χ1v) is 7.67. The Balaban J connectivity index is 1.64. The van der Waals surface area contributed by atoms with Crippen LogP contribution in [0.15, 0.2) is 28.4 Å². The second-order valence-corrected chi connectivity index (χ2v) is 6.13. The van der Waals surface area contributed by atoms with Gasteiger partial charge in [-0.2, -0.15) is 5.10 Å². The van der Waals surface area contributed by atoms with Gasteiger partial charge in [0.2, 0.25) is 5.91 Å². The number of carbonyl (C=O) groups excluding carboxylic acids is 1. The average Bonchev–Trinajstić information content (AvgIpc) is 3.05. The van der Waals surface area contributed by atoms with Crippen molar-refractivity contribution in [2.45, 2.75) is 18.1 Å². The molecule has 1 unspecified atom stereocenters. The van der Waals surface area contributed by atoms with Crippen molar-refractivity contribution in [3.8, 4) is 0 Å². The van der Waals surface area contributed by atoms with E-state index in [1.807, 2.05) is 18.2 Å². The normalized spacial score (nSPS) is 21.9. The highest BCUT2D eigenvalue weighted by Gasteiger charge is 2.32. The number of carboxylic acid groups (broad SMARTS) is 1. The van der Waals surface area contributed by atoms with Gasteiger partial charge in [0.1, 0.15) is 5.25 Å². The molecule has 1 aromatic rings. The van der Waals surface area contributed by atoms with Crippen molar-refractivity contribution in [3.63, 3.8) is 0 Å². The van der Waals surface area contributed by atoms with Gasteiger partial charge in [-0.25, -0.2) is 0 Å². The van der Waals surface area contributed by atoms with E-state index in [1.54, 1.807) is 6.21 Å². The maximum absolute atomic E-state index is 11.5. The highest BCUT2D eigenvalue weighted by atomic mass is 32.2. The van der Waals surface area contributed by atoms with Gasteiger partial charge in [0, 0.05) is 12.2 Å². The Labute approximate surface area is 130 Å². The Morgan fingerprint density at radius 3 is 3.18 bits per heavy atom. The van der Waals surface area contributed by atoms with E-state index >= 15 is 0 Å². The van der Waals surface area contributed by atoms with Gasteiger partial charge in [0.25, 0.3) is 0 Å². The number of carboxylic acids is 1. The Hall–Kier alpha value is -2.35.